The zero-order valence-corrected chi connectivity index (χ0v) is 23.3. The summed E-state index contributed by atoms with van der Waals surface area (Å²) in [5, 5.41) is 4.98. The highest BCUT2D eigenvalue weighted by atomic mass is 31.2. The van der Waals surface area contributed by atoms with E-state index in [1.54, 1.807) is 0 Å². The van der Waals surface area contributed by atoms with E-state index in [0.717, 1.165) is 41.5 Å². The lowest BCUT2D eigenvalue weighted by molar-refractivity contribution is 0.550. The molecule has 3 nitrogen and oxygen atoms in total. The molecule has 0 unspecified atom stereocenters. The van der Waals surface area contributed by atoms with Crippen molar-refractivity contribution in [1.29, 1.82) is 0 Å². The molecule has 0 aliphatic rings. The lowest BCUT2D eigenvalue weighted by Crippen LogP contribution is -2.34. The zero-order chi connectivity index (χ0) is 26.5. The first-order chi connectivity index (χ1) is 18.6. The van der Waals surface area contributed by atoms with Crippen LogP contribution in [0.15, 0.2) is 118 Å². The highest BCUT2D eigenvalue weighted by molar-refractivity contribution is 7.95. The van der Waals surface area contributed by atoms with Crippen LogP contribution in [0.25, 0.3) is 11.0 Å². The predicted octanol–water partition coefficient (Wildman–Crippen LogP) is 6.48. The van der Waals surface area contributed by atoms with Crippen LogP contribution in [0.1, 0.15) is 25.0 Å². The highest BCUT2D eigenvalue weighted by Crippen LogP contribution is 2.55. The molecule has 4 aromatic carbocycles. The van der Waals surface area contributed by atoms with Crippen LogP contribution in [-0.2, 0) is 6.42 Å². The van der Waals surface area contributed by atoms with Crippen molar-refractivity contribution in [1.82, 2.24) is 0 Å². The second-order valence-electron chi connectivity index (χ2n) is 9.64. The van der Waals surface area contributed by atoms with E-state index < -0.39 is 7.26 Å². The van der Waals surface area contributed by atoms with Gasteiger partial charge in [0.05, 0.1) is 6.16 Å². The third kappa shape index (κ3) is 4.79. The molecule has 0 fully saturated rings. The van der Waals surface area contributed by atoms with Gasteiger partial charge in [-0.05, 0) is 74.9 Å². The summed E-state index contributed by atoms with van der Waals surface area (Å²) < 4.78 is 5.97. The van der Waals surface area contributed by atoms with Crippen LogP contribution >= 0.6 is 7.26 Å². The van der Waals surface area contributed by atoms with E-state index in [9.17, 15) is 4.79 Å². The van der Waals surface area contributed by atoms with Crippen molar-refractivity contribution in [2.45, 2.75) is 27.2 Å². The number of rotatable bonds is 9. The molecule has 0 aliphatic heterocycles. The Morgan fingerprint density at radius 3 is 1.68 bits per heavy atom. The minimum Gasteiger partial charge on any atom is -0.422 e. The van der Waals surface area contributed by atoms with Crippen molar-refractivity contribution in [3.63, 3.8) is 0 Å². The standard InChI is InChI=1S/C34H35NO2P/c1-4-35(5-2)27-21-22-31-26(3)32(34(36)37-33(31)25-27)23-24-38(28-15-9-6-10-16-28,29-17-11-7-12-18-29)30-19-13-8-14-20-30/h6-22,25H,4-5,23-24H2,1-3H3/q+1. The minimum absolute atomic E-state index is 0.223. The molecule has 0 atom stereocenters. The second kappa shape index (κ2) is 11.4. The van der Waals surface area contributed by atoms with Crippen LogP contribution in [0, 0.1) is 6.92 Å². The fourth-order valence-electron chi connectivity index (χ4n) is 5.62. The average Bonchev–Trinajstić information content (AvgIpc) is 2.97. The average molecular weight is 521 g/mol. The molecule has 0 radical (unpaired) electrons. The largest absolute Gasteiger partial charge is 0.422 e. The van der Waals surface area contributed by atoms with Gasteiger partial charge < -0.3 is 9.32 Å². The van der Waals surface area contributed by atoms with Crippen molar-refractivity contribution in [3.05, 3.63) is 131 Å². The zero-order valence-electron chi connectivity index (χ0n) is 22.4. The summed E-state index contributed by atoms with van der Waals surface area (Å²) in [6.07, 6.45) is 1.49. The third-order valence-corrected chi connectivity index (χ3v) is 12.1. The number of anilines is 1. The van der Waals surface area contributed by atoms with Gasteiger partial charge in [0, 0.05) is 42.2 Å². The van der Waals surface area contributed by atoms with Crippen LogP contribution in [0.5, 0.6) is 0 Å². The van der Waals surface area contributed by atoms with E-state index in [0.29, 0.717) is 12.0 Å². The quantitative estimate of drug-likeness (QED) is 0.165. The van der Waals surface area contributed by atoms with Crippen LogP contribution < -0.4 is 26.4 Å². The summed E-state index contributed by atoms with van der Waals surface area (Å²) in [7, 11) is -2.04. The molecule has 0 aliphatic carbocycles. The van der Waals surface area contributed by atoms with Crippen molar-refractivity contribution in [2.24, 2.45) is 0 Å². The Morgan fingerprint density at radius 2 is 1.21 bits per heavy atom. The van der Waals surface area contributed by atoms with E-state index in [2.05, 4.69) is 129 Å². The fraction of sp³-hybridized carbons (Fsp3) is 0.206. The summed E-state index contributed by atoms with van der Waals surface area (Å²) in [6, 6.07) is 38.7. The number of fused-ring (bicyclic) bond motifs is 1. The molecular weight excluding hydrogens is 485 g/mol. The maximum Gasteiger partial charge on any atom is 0.339 e. The molecule has 1 heterocycles. The fourth-order valence-corrected chi connectivity index (χ4v) is 9.89. The van der Waals surface area contributed by atoms with Gasteiger partial charge in [0.15, 0.2) is 0 Å². The Labute approximate surface area is 226 Å². The summed E-state index contributed by atoms with van der Waals surface area (Å²) in [5.41, 5.74) is 3.32. The van der Waals surface area contributed by atoms with E-state index >= 15 is 0 Å². The van der Waals surface area contributed by atoms with Gasteiger partial charge in [-0.15, -0.1) is 0 Å². The Hall–Kier alpha value is -3.68. The topological polar surface area (TPSA) is 33.5 Å². The van der Waals surface area contributed by atoms with Gasteiger partial charge in [-0.3, -0.25) is 0 Å². The van der Waals surface area contributed by atoms with Gasteiger partial charge in [0.1, 0.15) is 28.8 Å². The molecule has 5 aromatic rings. The number of nitrogens with zero attached hydrogens (tertiary/aromatic N) is 1. The molecule has 0 N–H and O–H groups in total. The Morgan fingerprint density at radius 1 is 0.711 bits per heavy atom. The van der Waals surface area contributed by atoms with Gasteiger partial charge in [-0.25, -0.2) is 4.79 Å². The Bertz CT molecular complexity index is 1460. The lowest BCUT2D eigenvalue weighted by Gasteiger charge is -2.28. The molecular formula is C34H35NO2P+. The van der Waals surface area contributed by atoms with Crippen molar-refractivity contribution < 1.29 is 4.42 Å². The van der Waals surface area contributed by atoms with Crippen LogP contribution in [0.2, 0.25) is 0 Å². The molecule has 0 bridgehead atoms. The SMILES string of the molecule is CCN(CC)c1ccc2c(C)c(CC[P+](c3ccccc3)(c3ccccc3)c3ccccc3)c(=O)oc2c1. The third-order valence-electron chi connectivity index (χ3n) is 7.69. The number of aryl methyl sites for hydroxylation is 1. The highest BCUT2D eigenvalue weighted by Gasteiger charge is 2.45. The summed E-state index contributed by atoms with van der Waals surface area (Å²) >= 11 is 0. The maximum absolute atomic E-state index is 13.4. The monoisotopic (exact) mass is 520 g/mol. The molecule has 192 valence electrons. The molecule has 4 heteroatoms. The first-order valence-corrected chi connectivity index (χ1v) is 15.4. The number of benzene rings is 4. The van der Waals surface area contributed by atoms with E-state index in [4.69, 9.17) is 4.42 Å². The summed E-state index contributed by atoms with van der Waals surface area (Å²) in [5.74, 6) is 0. The smallest absolute Gasteiger partial charge is 0.339 e. The van der Waals surface area contributed by atoms with Crippen LogP contribution in [-0.4, -0.2) is 19.3 Å². The first-order valence-electron chi connectivity index (χ1n) is 13.4. The van der Waals surface area contributed by atoms with E-state index in [1.165, 1.54) is 15.9 Å². The first kappa shape index (κ1) is 25.9. The van der Waals surface area contributed by atoms with Gasteiger partial charge in [-0.1, -0.05) is 54.6 Å². The maximum atomic E-state index is 13.4. The van der Waals surface area contributed by atoms with Crippen molar-refractivity contribution >= 4 is 39.8 Å². The van der Waals surface area contributed by atoms with Gasteiger partial charge in [-0.2, -0.15) is 0 Å². The molecule has 0 saturated heterocycles. The molecule has 5 rings (SSSR count). The molecule has 38 heavy (non-hydrogen) atoms. The summed E-state index contributed by atoms with van der Waals surface area (Å²) in [4.78, 5) is 15.7. The van der Waals surface area contributed by atoms with Crippen molar-refractivity contribution in [2.75, 3.05) is 24.2 Å². The Kier molecular flexibility index (Phi) is 7.77. The van der Waals surface area contributed by atoms with Crippen LogP contribution in [0.4, 0.5) is 5.69 Å². The van der Waals surface area contributed by atoms with E-state index in [-0.39, 0.29) is 5.63 Å². The molecule has 0 spiro atoms. The minimum atomic E-state index is -2.04. The normalized spacial score (nSPS) is 11.6. The molecule has 0 amide bonds. The summed E-state index contributed by atoms with van der Waals surface area (Å²) in [6.45, 7) is 8.17. The Balaban J connectivity index is 1.63. The van der Waals surface area contributed by atoms with Gasteiger partial charge in [0.2, 0.25) is 0 Å². The second-order valence-corrected chi connectivity index (χ2v) is 13.3. The molecule has 1 aromatic heterocycles. The predicted molar refractivity (Wildman–Crippen MR) is 165 cm³/mol. The van der Waals surface area contributed by atoms with Gasteiger partial charge in [0.25, 0.3) is 0 Å². The number of hydrogen-bond donors (Lipinski definition) is 0. The number of hydrogen-bond acceptors (Lipinski definition) is 3. The van der Waals surface area contributed by atoms with E-state index in [1.807, 2.05) is 6.07 Å². The van der Waals surface area contributed by atoms with Crippen molar-refractivity contribution in [3.8, 4) is 0 Å². The lowest BCUT2D eigenvalue weighted by atomic mass is 10.0. The van der Waals surface area contributed by atoms with Gasteiger partial charge >= 0.3 is 5.63 Å². The molecule has 0 saturated carbocycles. The van der Waals surface area contributed by atoms with Crippen LogP contribution in [0.3, 0.4) is 0 Å².